The fourth-order valence-corrected chi connectivity index (χ4v) is 4.05. The molecule has 80 valence electrons. The summed E-state index contributed by atoms with van der Waals surface area (Å²) in [5.74, 6) is 0. The second kappa shape index (κ2) is 12.7. The average Bonchev–Trinajstić information content (AvgIpc) is 2.16. The molecule has 0 nitrogen and oxygen atoms in total. The van der Waals surface area contributed by atoms with Gasteiger partial charge in [0, 0.05) is 0 Å². The van der Waals surface area contributed by atoms with Gasteiger partial charge < -0.3 is 0 Å². The van der Waals surface area contributed by atoms with Crippen LogP contribution >= 0.6 is 0 Å². The molecule has 0 amide bonds. The third-order valence-electron chi connectivity index (χ3n) is 2.28. The molecule has 0 saturated heterocycles. The molecule has 0 bridgehead atoms. The molecule has 0 aromatic rings. The molecule has 0 N–H and O–H groups in total. The van der Waals surface area contributed by atoms with Crippen LogP contribution in [0.2, 0.25) is 9.62 Å². The zero-order valence-corrected chi connectivity index (χ0v) is 11.5. The molecule has 0 aliphatic carbocycles. The summed E-state index contributed by atoms with van der Waals surface area (Å²) in [7, 11) is 0. The predicted octanol–water partition coefficient (Wildman–Crippen LogP) is 5.07. The summed E-state index contributed by atoms with van der Waals surface area (Å²) in [6, 6.07) is 0. The average molecular weight is 266 g/mol. The molecule has 0 heterocycles. The Morgan fingerprint density at radius 2 is 1.15 bits per heavy atom. The van der Waals surface area contributed by atoms with Gasteiger partial charge in [0.25, 0.3) is 0 Å². The van der Waals surface area contributed by atoms with E-state index >= 15 is 0 Å². The van der Waals surface area contributed by atoms with Gasteiger partial charge in [-0.1, -0.05) is 0 Å². The summed E-state index contributed by atoms with van der Waals surface area (Å²) in [6.45, 7) is 4.59. The Labute approximate surface area is 93.4 Å². The summed E-state index contributed by atoms with van der Waals surface area (Å²) in [4.78, 5) is 3.20. The first-order valence-electron chi connectivity index (χ1n) is 5.99. The minimum atomic E-state index is 0.432. The van der Waals surface area contributed by atoms with Crippen LogP contribution in [0.3, 0.4) is 0 Å². The van der Waals surface area contributed by atoms with Crippen molar-refractivity contribution in [1.82, 2.24) is 0 Å². The summed E-state index contributed by atoms with van der Waals surface area (Å²) in [5.41, 5.74) is 0. The second-order valence-electron chi connectivity index (χ2n) is 3.73. The Balaban J connectivity index is 2.76. The molecule has 13 heavy (non-hydrogen) atoms. The number of unbranched alkanes of at least 4 members (excludes halogenated alkanes) is 6. The standard InChI is InChI=1S/C8H17.C4H9.Mo/c1-3-5-7-8-6-4-2;1-3-4-2;/h1,3-8H2,2H3;1,3-4H2,2H3;. The summed E-state index contributed by atoms with van der Waals surface area (Å²) in [6.07, 6.45) is 11.8. The van der Waals surface area contributed by atoms with Gasteiger partial charge in [0.15, 0.2) is 0 Å². The monoisotopic (exact) mass is 268 g/mol. The third-order valence-corrected chi connectivity index (χ3v) is 5.12. The molecule has 0 atom stereocenters. The molecule has 1 heteroatoms. The van der Waals surface area contributed by atoms with Crippen LogP contribution in [0.25, 0.3) is 0 Å². The van der Waals surface area contributed by atoms with Crippen LogP contribution in [-0.2, 0) is 18.6 Å². The van der Waals surface area contributed by atoms with E-state index in [0.29, 0.717) is 18.6 Å². The van der Waals surface area contributed by atoms with Crippen molar-refractivity contribution in [3.63, 3.8) is 0 Å². The van der Waals surface area contributed by atoms with Crippen LogP contribution in [0.15, 0.2) is 0 Å². The van der Waals surface area contributed by atoms with E-state index < -0.39 is 0 Å². The first-order valence-corrected chi connectivity index (χ1v) is 8.83. The number of hydrogen-bond acceptors (Lipinski definition) is 0. The fourth-order valence-electron chi connectivity index (χ4n) is 1.33. The van der Waals surface area contributed by atoms with E-state index in [1.807, 2.05) is 0 Å². The molecule has 0 aromatic carbocycles. The van der Waals surface area contributed by atoms with Crippen LogP contribution in [0.1, 0.15) is 65.2 Å². The molecular formula is C12H26Mo. The quantitative estimate of drug-likeness (QED) is 0.382. The van der Waals surface area contributed by atoms with E-state index in [1.54, 1.807) is 9.62 Å². The minimum absolute atomic E-state index is 0.432. The van der Waals surface area contributed by atoms with E-state index in [1.165, 1.54) is 51.4 Å². The fraction of sp³-hybridized carbons (Fsp3) is 1.00. The molecule has 0 rings (SSSR count). The van der Waals surface area contributed by atoms with E-state index in [-0.39, 0.29) is 0 Å². The van der Waals surface area contributed by atoms with Gasteiger partial charge in [-0.25, -0.2) is 0 Å². The molecule has 0 spiro atoms. The van der Waals surface area contributed by atoms with E-state index in [0.717, 1.165) is 0 Å². The Morgan fingerprint density at radius 1 is 0.615 bits per heavy atom. The van der Waals surface area contributed by atoms with Crippen molar-refractivity contribution in [1.29, 1.82) is 0 Å². The Hall–Kier alpha value is 0.688. The molecular weight excluding hydrogens is 240 g/mol. The molecule has 0 unspecified atom stereocenters. The second-order valence-corrected chi connectivity index (χ2v) is 6.74. The van der Waals surface area contributed by atoms with Crippen LogP contribution in [0.5, 0.6) is 0 Å². The maximum atomic E-state index is 2.30. The van der Waals surface area contributed by atoms with Gasteiger partial charge in [-0.2, -0.15) is 0 Å². The van der Waals surface area contributed by atoms with Crippen LogP contribution in [0, 0.1) is 0 Å². The van der Waals surface area contributed by atoms with Gasteiger partial charge in [-0.3, -0.25) is 0 Å². The summed E-state index contributed by atoms with van der Waals surface area (Å²) in [5, 5.41) is 0. The van der Waals surface area contributed by atoms with Gasteiger partial charge in [-0.05, 0) is 0 Å². The summed E-state index contributed by atoms with van der Waals surface area (Å²) >= 11 is 0.432. The van der Waals surface area contributed by atoms with E-state index in [2.05, 4.69) is 13.8 Å². The predicted molar refractivity (Wildman–Crippen MR) is 57.9 cm³/mol. The SMILES string of the molecule is CCCCCCC[CH2][Mo][CH2]CCC. The zero-order chi connectivity index (χ0) is 9.78. The third kappa shape index (κ3) is 12.7. The zero-order valence-electron chi connectivity index (χ0n) is 9.48. The van der Waals surface area contributed by atoms with Crippen LogP contribution < -0.4 is 0 Å². The van der Waals surface area contributed by atoms with E-state index in [9.17, 15) is 0 Å². The Bertz CT molecular complexity index is 71.2. The normalized spacial score (nSPS) is 10.6. The first kappa shape index (κ1) is 13.7. The number of rotatable bonds is 10. The van der Waals surface area contributed by atoms with Gasteiger partial charge in [-0.15, -0.1) is 0 Å². The van der Waals surface area contributed by atoms with Crippen molar-refractivity contribution in [3.05, 3.63) is 0 Å². The van der Waals surface area contributed by atoms with Crippen LogP contribution in [0.4, 0.5) is 0 Å². The summed E-state index contributed by atoms with van der Waals surface area (Å²) < 4.78 is 0. The Morgan fingerprint density at radius 3 is 1.85 bits per heavy atom. The molecule has 0 radical (unpaired) electrons. The Kier molecular flexibility index (Phi) is 13.4. The molecule has 0 aliphatic heterocycles. The van der Waals surface area contributed by atoms with Gasteiger partial charge in [0.05, 0.1) is 0 Å². The van der Waals surface area contributed by atoms with Crippen molar-refractivity contribution >= 4 is 0 Å². The molecule has 0 aliphatic rings. The first-order chi connectivity index (χ1) is 6.41. The van der Waals surface area contributed by atoms with E-state index in [4.69, 9.17) is 0 Å². The molecule has 0 fully saturated rings. The van der Waals surface area contributed by atoms with Crippen molar-refractivity contribution in [2.45, 2.75) is 74.8 Å². The molecule has 0 saturated carbocycles. The van der Waals surface area contributed by atoms with Gasteiger partial charge >= 0.3 is 93.4 Å². The van der Waals surface area contributed by atoms with Crippen molar-refractivity contribution in [3.8, 4) is 0 Å². The van der Waals surface area contributed by atoms with Crippen molar-refractivity contribution in [2.24, 2.45) is 0 Å². The van der Waals surface area contributed by atoms with Crippen LogP contribution in [-0.4, -0.2) is 0 Å². The van der Waals surface area contributed by atoms with Gasteiger partial charge in [0.2, 0.25) is 0 Å². The topological polar surface area (TPSA) is 0 Å². The maximum absolute atomic E-state index is 2.30. The number of hydrogen-bond donors (Lipinski definition) is 0. The van der Waals surface area contributed by atoms with Gasteiger partial charge in [0.1, 0.15) is 0 Å². The molecule has 0 aromatic heterocycles. The van der Waals surface area contributed by atoms with Crippen molar-refractivity contribution in [2.75, 3.05) is 0 Å². The van der Waals surface area contributed by atoms with Crippen molar-refractivity contribution < 1.29 is 18.6 Å².